The number of nitrogens with zero attached hydrogens (tertiary/aromatic N) is 3. The Balaban J connectivity index is 1.64. The monoisotopic (exact) mass is 459 g/mol. The molecule has 1 atom stereocenters. The van der Waals surface area contributed by atoms with Gasteiger partial charge in [0.15, 0.2) is 17.4 Å². The number of amides is 1. The van der Waals surface area contributed by atoms with E-state index in [9.17, 15) is 18.3 Å². The van der Waals surface area contributed by atoms with Gasteiger partial charge in [-0.25, -0.2) is 0 Å². The fourth-order valence-corrected chi connectivity index (χ4v) is 4.29. The largest absolute Gasteiger partial charge is 0.505 e. The number of phenolic OH excluding ortho intramolecular Hbond substituents is 1. The molecule has 1 amide bonds. The summed E-state index contributed by atoms with van der Waals surface area (Å²) in [6.45, 7) is 3.92. The molecule has 1 fully saturated rings. The Kier molecular flexibility index (Phi) is 5.24. The zero-order valence-corrected chi connectivity index (χ0v) is 19.0. The Morgan fingerprint density at radius 3 is 2.47 bits per heavy atom. The fraction of sp³-hybridized carbons (Fsp3) is 0.381. The van der Waals surface area contributed by atoms with E-state index < -0.39 is 16.1 Å². The van der Waals surface area contributed by atoms with E-state index in [1.54, 1.807) is 20.2 Å². The van der Waals surface area contributed by atoms with Crippen molar-refractivity contribution in [1.29, 1.82) is 0 Å². The molecule has 32 heavy (non-hydrogen) atoms. The van der Waals surface area contributed by atoms with E-state index in [0.29, 0.717) is 5.76 Å². The molecule has 4 rings (SSSR count). The maximum Gasteiger partial charge on any atom is 0.367 e. The molecule has 2 aromatic rings. The molecule has 1 saturated carbocycles. The Bertz CT molecular complexity index is 1240. The van der Waals surface area contributed by atoms with Gasteiger partial charge in [0.1, 0.15) is 11.5 Å². The zero-order chi connectivity index (χ0) is 23.3. The molecule has 0 unspecified atom stereocenters. The third-order valence-electron chi connectivity index (χ3n) is 5.63. The summed E-state index contributed by atoms with van der Waals surface area (Å²) in [6.07, 6.45) is 1.89. The SMILES string of the molecule is Cc1ccc([C@H](NC2=NS(=O)(=O)N=C2Nc2cccc(C(=O)N(C)C)c2O)C2(C)CC2)o1. The number of para-hydroxylation sites is 1. The van der Waals surface area contributed by atoms with E-state index in [2.05, 4.69) is 26.4 Å². The van der Waals surface area contributed by atoms with Crippen LogP contribution in [0.2, 0.25) is 0 Å². The lowest BCUT2D eigenvalue weighted by molar-refractivity contribution is 0.0824. The number of hydrogen-bond acceptors (Lipinski definition) is 7. The Hall–Kier alpha value is -3.34. The number of carbonyl (C=O) groups excluding carboxylic acids is 1. The van der Waals surface area contributed by atoms with E-state index in [0.717, 1.165) is 18.6 Å². The van der Waals surface area contributed by atoms with Crippen molar-refractivity contribution < 1.29 is 22.7 Å². The number of anilines is 1. The van der Waals surface area contributed by atoms with Crippen molar-refractivity contribution in [3.05, 3.63) is 47.4 Å². The van der Waals surface area contributed by atoms with E-state index in [1.807, 2.05) is 19.1 Å². The van der Waals surface area contributed by atoms with Crippen LogP contribution in [0.3, 0.4) is 0 Å². The predicted octanol–water partition coefficient (Wildman–Crippen LogP) is 2.59. The number of hydrogen-bond donors (Lipinski definition) is 3. The Morgan fingerprint density at radius 2 is 1.88 bits per heavy atom. The zero-order valence-electron chi connectivity index (χ0n) is 18.2. The van der Waals surface area contributed by atoms with Gasteiger partial charge in [0, 0.05) is 14.1 Å². The summed E-state index contributed by atoms with van der Waals surface area (Å²) in [4.78, 5) is 13.6. The van der Waals surface area contributed by atoms with Crippen molar-refractivity contribution in [3.63, 3.8) is 0 Å². The molecule has 170 valence electrons. The number of aromatic hydroxyl groups is 1. The van der Waals surface area contributed by atoms with Crippen molar-refractivity contribution in [2.45, 2.75) is 32.7 Å². The number of rotatable bonds is 5. The lowest BCUT2D eigenvalue weighted by Crippen LogP contribution is -2.39. The summed E-state index contributed by atoms with van der Waals surface area (Å²) in [5.74, 6) is 0.652. The van der Waals surface area contributed by atoms with Gasteiger partial charge >= 0.3 is 10.2 Å². The predicted molar refractivity (Wildman–Crippen MR) is 120 cm³/mol. The van der Waals surface area contributed by atoms with Gasteiger partial charge < -0.3 is 25.1 Å². The average Bonchev–Trinajstić information content (AvgIpc) is 3.19. The van der Waals surface area contributed by atoms with Gasteiger partial charge in [-0.3, -0.25) is 4.79 Å². The molecule has 1 aliphatic carbocycles. The molecule has 0 bridgehead atoms. The van der Waals surface area contributed by atoms with Crippen molar-refractivity contribution in [2.24, 2.45) is 14.2 Å². The van der Waals surface area contributed by atoms with Crippen LogP contribution in [0.25, 0.3) is 0 Å². The molecule has 0 radical (unpaired) electrons. The molecule has 1 aromatic carbocycles. The Labute approximate surface area is 186 Å². The molecule has 2 aliphatic rings. The highest BCUT2D eigenvalue weighted by Gasteiger charge is 2.48. The minimum absolute atomic E-state index is 0.0147. The van der Waals surface area contributed by atoms with Crippen LogP contribution in [-0.2, 0) is 10.2 Å². The smallest absolute Gasteiger partial charge is 0.367 e. The van der Waals surface area contributed by atoms with Crippen molar-refractivity contribution >= 4 is 33.5 Å². The van der Waals surface area contributed by atoms with Crippen LogP contribution in [-0.4, -0.2) is 50.1 Å². The van der Waals surface area contributed by atoms with Crippen LogP contribution in [0.4, 0.5) is 5.69 Å². The van der Waals surface area contributed by atoms with Gasteiger partial charge in [-0.15, -0.1) is 8.80 Å². The lowest BCUT2D eigenvalue weighted by Gasteiger charge is -2.24. The maximum absolute atomic E-state index is 12.3. The molecule has 11 heteroatoms. The molecular weight excluding hydrogens is 434 g/mol. The fourth-order valence-electron chi connectivity index (χ4n) is 3.52. The number of amidine groups is 2. The highest BCUT2D eigenvalue weighted by Crippen LogP contribution is 2.54. The number of benzene rings is 1. The first-order valence-electron chi connectivity index (χ1n) is 10.1. The standard InChI is InChI=1S/C21H25N5O5S/c1-12-8-9-15(31-12)17(21(2)10-11-21)23-19-18(24-32(29,30)25-19)22-14-7-5-6-13(16(14)27)20(28)26(3)4/h5-9,17,27H,10-11H2,1-4H3,(H,22,24)(H,23,25)/t17-/m0/s1. The summed E-state index contributed by atoms with van der Waals surface area (Å²) in [6, 6.07) is 7.96. The second-order valence-corrected chi connectivity index (χ2v) is 9.79. The van der Waals surface area contributed by atoms with Gasteiger partial charge in [0.25, 0.3) is 5.91 Å². The van der Waals surface area contributed by atoms with Gasteiger partial charge in [0.2, 0.25) is 0 Å². The molecule has 0 saturated heterocycles. The first-order chi connectivity index (χ1) is 15.0. The molecular formula is C21H25N5O5S. The second-order valence-electron chi connectivity index (χ2n) is 8.53. The van der Waals surface area contributed by atoms with Crippen LogP contribution >= 0.6 is 0 Å². The first kappa shape index (κ1) is 21.9. The molecule has 2 heterocycles. The summed E-state index contributed by atoms with van der Waals surface area (Å²) < 4.78 is 37.6. The normalized spacial score (nSPS) is 19.0. The first-order valence-corrected chi connectivity index (χ1v) is 11.5. The van der Waals surface area contributed by atoms with E-state index >= 15 is 0 Å². The van der Waals surface area contributed by atoms with Gasteiger partial charge in [0.05, 0.1) is 17.3 Å². The number of carbonyl (C=O) groups is 1. The van der Waals surface area contributed by atoms with Crippen LogP contribution < -0.4 is 10.6 Å². The number of nitrogens with one attached hydrogen (secondary N) is 2. The van der Waals surface area contributed by atoms with Gasteiger partial charge in [-0.2, -0.15) is 8.42 Å². The van der Waals surface area contributed by atoms with Crippen molar-refractivity contribution in [2.75, 3.05) is 19.4 Å². The van der Waals surface area contributed by atoms with E-state index in [1.165, 1.54) is 17.0 Å². The van der Waals surface area contributed by atoms with Crippen LogP contribution in [0.15, 0.2) is 43.5 Å². The van der Waals surface area contributed by atoms with E-state index in [4.69, 9.17) is 4.42 Å². The summed E-state index contributed by atoms with van der Waals surface area (Å²) in [7, 11) is -0.964. The highest BCUT2D eigenvalue weighted by molar-refractivity contribution is 7.89. The minimum Gasteiger partial charge on any atom is -0.505 e. The number of furan rings is 1. The average molecular weight is 460 g/mol. The Morgan fingerprint density at radius 1 is 1.19 bits per heavy atom. The topological polar surface area (TPSA) is 137 Å². The highest BCUT2D eigenvalue weighted by atomic mass is 32.2. The van der Waals surface area contributed by atoms with Crippen LogP contribution in [0, 0.1) is 12.3 Å². The van der Waals surface area contributed by atoms with Gasteiger partial charge in [-0.05, 0) is 49.4 Å². The number of aryl methyl sites for hydroxylation is 1. The van der Waals surface area contributed by atoms with Crippen molar-refractivity contribution in [3.8, 4) is 5.75 Å². The summed E-state index contributed by atoms with van der Waals surface area (Å²) in [5.41, 5.74) is 0.0817. The van der Waals surface area contributed by atoms with Crippen LogP contribution in [0.5, 0.6) is 5.75 Å². The second kappa shape index (κ2) is 7.66. The molecule has 0 spiro atoms. The molecule has 1 aliphatic heterocycles. The van der Waals surface area contributed by atoms with Gasteiger partial charge in [-0.1, -0.05) is 13.0 Å². The van der Waals surface area contributed by atoms with Crippen molar-refractivity contribution in [1.82, 2.24) is 10.2 Å². The molecule has 10 nitrogen and oxygen atoms in total. The summed E-state index contributed by atoms with van der Waals surface area (Å²) >= 11 is 0. The molecule has 1 aromatic heterocycles. The van der Waals surface area contributed by atoms with E-state index in [-0.39, 0.29) is 40.1 Å². The third-order valence-corrected chi connectivity index (χ3v) is 6.45. The maximum atomic E-state index is 12.3. The molecule has 3 N–H and O–H groups in total. The lowest BCUT2D eigenvalue weighted by atomic mass is 9.96. The van der Waals surface area contributed by atoms with Crippen LogP contribution in [0.1, 0.15) is 47.7 Å². The number of phenols is 1. The summed E-state index contributed by atoms with van der Waals surface area (Å²) in [5, 5.41) is 16.6. The quantitative estimate of drug-likeness (QED) is 0.585. The minimum atomic E-state index is -4.10. The third kappa shape index (κ3) is 4.20.